The van der Waals surface area contributed by atoms with Crippen LogP contribution in [-0.4, -0.2) is 21.3 Å². The zero-order valence-electron chi connectivity index (χ0n) is 11.5. The molecule has 0 bridgehead atoms. The molecule has 0 aliphatic heterocycles. The summed E-state index contributed by atoms with van der Waals surface area (Å²) >= 11 is 1.76. The van der Waals surface area contributed by atoms with E-state index in [1.54, 1.807) is 11.8 Å². The molecule has 1 fully saturated rings. The first-order valence-corrected chi connectivity index (χ1v) is 7.78. The number of aryl methyl sites for hydroxylation is 1. The van der Waals surface area contributed by atoms with Crippen LogP contribution in [0.2, 0.25) is 0 Å². The van der Waals surface area contributed by atoms with Gasteiger partial charge in [0.1, 0.15) is 0 Å². The van der Waals surface area contributed by atoms with Crippen molar-refractivity contribution in [2.45, 2.75) is 42.9 Å². The first-order valence-electron chi connectivity index (χ1n) is 6.90. The Morgan fingerprint density at radius 2 is 1.85 bits per heavy atom. The zero-order valence-corrected chi connectivity index (χ0v) is 12.3. The Balaban J connectivity index is 1.39. The Hall–Kier alpha value is -1.39. The van der Waals surface area contributed by atoms with Gasteiger partial charge in [0.25, 0.3) is 0 Å². The van der Waals surface area contributed by atoms with Crippen molar-refractivity contribution in [1.29, 1.82) is 0 Å². The molecule has 20 heavy (non-hydrogen) atoms. The molecule has 0 spiro atoms. The fourth-order valence-corrected chi connectivity index (χ4v) is 3.28. The van der Waals surface area contributed by atoms with E-state index in [-0.39, 0.29) is 0 Å². The Bertz CT molecular complexity index is 538. The smallest absolute Gasteiger partial charge is 0.187 e. The maximum atomic E-state index is 5.90. The predicted octanol–water partition coefficient (Wildman–Crippen LogP) is 3.62. The van der Waals surface area contributed by atoms with Gasteiger partial charge >= 0.3 is 0 Å². The van der Waals surface area contributed by atoms with Crippen molar-refractivity contribution in [3.63, 3.8) is 0 Å². The first-order chi connectivity index (χ1) is 9.79. The highest BCUT2D eigenvalue weighted by Gasteiger charge is 2.31. The highest BCUT2D eigenvalue weighted by atomic mass is 32.2. The van der Waals surface area contributed by atoms with Gasteiger partial charge in [0.15, 0.2) is 5.16 Å². The number of benzene rings is 1. The fourth-order valence-electron chi connectivity index (χ4n) is 2.13. The molecule has 1 aromatic carbocycles. The summed E-state index contributed by atoms with van der Waals surface area (Å²) in [7, 11) is 0. The highest BCUT2D eigenvalue weighted by Crippen LogP contribution is 2.37. The van der Waals surface area contributed by atoms with Crippen LogP contribution in [0.4, 0.5) is 0 Å². The van der Waals surface area contributed by atoms with Gasteiger partial charge in [-0.15, -0.1) is 0 Å². The Kier molecular flexibility index (Phi) is 4.33. The van der Waals surface area contributed by atoms with Gasteiger partial charge in [-0.3, -0.25) is 0 Å². The van der Waals surface area contributed by atoms with Crippen LogP contribution >= 0.6 is 11.8 Å². The van der Waals surface area contributed by atoms with Crippen LogP contribution in [0.25, 0.3) is 0 Å². The molecule has 0 unspecified atom stereocenters. The van der Waals surface area contributed by atoms with Gasteiger partial charge in [0.2, 0.25) is 0 Å². The van der Waals surface area contributed by atoms with Gasteiger partial charge in [-0.2, -0.15) is 0 Å². The molecule has 3 rings (SSSR count). The molecule has 0 radical (unpaired) electrons. The second-order valence-electron chi connectivity index (χ2n) is 5.17. The van der Waals surface area contributed by atoms with Crippen molar-refractivity contribution in [3.05, 3.63) is 53.9 Å². The van der Waals surface area contributed by atoms with E-state index in [0.717, 1.165) is 23.6 Å². The number of nitrogens with zero attached hydrogens (tertiary/aromatic N) is 2. The molecular formula is C16H18N2OS. The van der Waals surface area contributed by atoms with Crippen molar-refractivity contribution in [2.75, 3.05) is 0 Å². The summed E-state index contributed by atoms with van der Waals surface area (Å²) in [5.41, 5.74) is 2.34. The molecule has 4 heteroatoms. The van der Waals surface area contributed by atoms with Crippen LogP contribution in [0.5, 0.6) is 0 Å². The van der Waals surface area contributed by atoms with Gasteiger partial charge in [-0.1, -0.05) is 42.1 Å². The molecule has 3 nitrogen and oxygen atoms in total. The SMILES string of the molecule is Cc1cnc(SC2CC(OCc3ccccc3)C2)nc1. The van der Waals surface area contributed by atoms with Gasteiger partial charge in [0.05, 0.1) is 12.7 Å². The highest BCUT2D eigenvalue weighted by molar-refractivity contribution is 7.99. The minimum Gasteiger partial charge on any atom is -0.373 e. The molecule has 0 N–H and O–H groups in total. The molecule has 1 aliphatic carbocycles. The summed E-state index contributed by atoms with van der Waals surface area (Å²) < 4.78 is 5.90. The summed E-state index contributed by atoms with van der Waals surface area (Å²) in [5.74, 6) is 0. The lowest BCUT2D eigenvalue weighted by atomic mass is 9.95. The quantitative estimate of drug-likeness (QED) is 0.786. The zero-order chi connectivity index (χ0) is 13.8. The van der Waals surface area contributed by atoms with Crippen LogP contribution < -0.4 is 0 Å². The molecule has 1 aliphatic rings. The van der Waals surface area contributed by atoms with Gasteiger partial charge < -0.3 is 4.74 Å². The second kappa shape index (κ2) is 6.37. The molecule has 1 aromatic heterocycles. The van der Waals surface area contributed by atoms with E-state index in [2.05, 4.69) is 22.1 Å². The van der Waals surface area contributed by atoms with E-state index in [1.165, 1.54) is 5.56 Å². The van der Waals surface area contributed by atoms with Crippen molar-refractivity contribution in [1.82, 2.24) is 9.97 Å². The Morgan fingerprint density at radius 3 is 2.55 bits per heavy atom. The topological polar surface area (TPSA) is 35.0 Å². The minimum atomic E-state index is 0.387. The van der Waals surface area contributed by atoms with E-state index < -0.39 is 0 Å². The number of rotatable bonds is 5. The first kappa shape index (κ1) is 13.6. The maximum Gasteiger partial charge on any atom is 0.187 e. The summed E-state index contributed by atoms with van der Waals surface area (Å²) in [5, 5.41) is 1.47. The molecule has 1 heterocycles. The van der Waals surface area contributed by atoms with E-state index in [4.69, 9.17) is 4.74 Å². The molecular weight excluding hydrogens is 268 g/mol. The third kappa shape index (κ3) is 3.58. The summed E-state index contributed by atoms with van der Waals surface area (Å²) in [4.78, 5) is 8.66. The third-order valence-electron chi connectivity index (χ3n) is 3.41. The fraction of sp³-hybridized carbons (Fsp3) is 0.375. The molecule has 0 atom stereocenters. The number of aromatic nitrogens is 2. The van der Waals surface area contributed by atoms with Gasteiger partial charge in [-0.25, -0.2) is 9.97 Å². The lowest BCUT2D eigenvalue weighted by Crippen LogP contribution is -2.33. The number of hydrogen-bond acceptors (Lipinski definition) is 4. The average Bonchev–Trinajstić information content (AvgIpc) is 2.44. The van der Waals surface area contributed by atoms with Crippen molar-refractivity contribution < 1.29 is 4.74 Å². The number of hydrogen-bond donors (Lipinski definition) is 0. The summed E-state index contributed by atoms with van der Waals surface area (Å²) in [6, 6.07) is 10.3. The molecule has 104 valence electrons. The molecule has 1 saturated carbocycles. The van der Waals surface area contributed by atoms with E-state index in [9.17, 15) is 0 Å². The lowest BCUT2D eigenvalue weighted by Gasteiger charge is -2.34. The van der Waals surface area contributed by atoms with Crippen molar-refractivity contribution in [3.8, 4) is 0 Å². The van der Waals surface area contributed by atoms with Crippen molar-refractivity contribution >= 4 is 11.8 Å². The van der Waals surface area contributed by atoms with Gasteiger partial charge in [0, 0.05) is 17.6 Å². The predicted molar refractivity (Wildman–Crippen MR) is 80.7 cm³/mol. The Morgan fingerprint density at radius 1 is 1.15 bits per heavy atom. The second-order valence-corrected chi connectivity index (χ2v) is 6.44. The van der Waals surface area contributed by atoms with Crippen LogP contribution in [0.15, 0.2) is 47.9 Å². The maximum absolute atomic E-state index is 5.90. The normalized spacial score (nSPS) is 21.4. The van der Waals surface area contributed by atoms with Crippen LogP contribution in [0.1, 0.15) is 24.0 Å². The van der Waals surface area contributed by atoms with Crippen LogP contribution in [0, 0.1) is 6.92 Å². The minimum absolute atomic E-state index is 0.387. The van der Waals surface area contributed by atoms with Crippen molar-refractivity contribution in [2.24, 2.45) is 0 Å². The number of ether oxygens (including phenoxy) is 1. The van der Waals surface area contributed by atoms with E-state index >= 15 is 0 Å². The number of thioether (sulfide) groups is 1. The molecule has 0 saturated heterocycles. The van der Waals surface area contributed by atoms with E-state index in [0.29, 0.717) is 18.0 Å². The van der Waals surface area contributed by atoms with Gasteiger partial charge in [-0.05, 0) is 30.9 Å². The largest absolute Gasteiger partial charge is 0.373 e. The lowest BCUT2D eigenvalue weighted by molar-refractivity contribution is -0.00503. The third-order valence-corrected chi connectivity index (χ3v) is 4.55. The van der Waals surface area contributed by atoms with Crippen LogP contribution in [-0.2, 0) is 11.3 Å². The monoisotopic (exact) mass is 286 g/mol. The molecule has 0 amide bonds. The standard InChI is InChI=1S/C16H18N2OS/c1-12-9-17-16(18-10-12)20-15-7-14(8-15)19-11-13-5-3-2-4-6-13/h2-6,9-10,14-15H,7-8,11H2,1H3. The summed E-state index contributed by atoms with van der Waals surface area (Å²) in [6.45, 7) is 2.72. The summed E-state index contributed by atoms with van der Waals surface area (Å²) in [6.07, 6.45) is 6.32. The van der Waals surface area contributed by atoms with Crippen LogP contribution in [0.3, 0.4) is 0 Å². The molecule has 2 aromatic rings. The average molecular weight is 286 g/mol. The van der Waals surface area contributed by atoms with E-state index in [1.807, 2.05) is 37.5 Å². The Labute approximate surface area is 123 Å².